The standard InChI is InChI=1S/C26H30N2O4S/c29-25-23-16-7-8-17-24(23)26(30)27(25)21-14-9-15-22(18-21)33(31,32)28(19-10-3-1-4-11-19)20-12-5-2-6-13-20/h7-9,14-20H,1-6,10-13H2. The summed E-state index contributed by atoms with van der Waals surface area (Å²) in [4.78, 5) is 27.1. The van der Waals surface area contributed by atoms with Gasteiger partial charge in [-0.15, -0.1) is 0 Å². The van der Waals surface area contributed by atoms with E-state index >= 15 is 0 Å². The van der Waals surface area contributed by atoms with Crippen molar-refractivity contribution in [3.05, 3.63) is 59.7 Å². The molecule has 1 aliphatic heterocycles. The molecule has 33 heavy (non-hydrogen) atoms. The highest BCUT2D eigenvalue weighted by Gasteiger charge is 2.40. The third-order valence-electron chi connectivity index (χ3n) is 7.31. The molecule has 0 bridgehead atoms. The van der Waals surface area contributed by atoms with E-state index in [-0.39, 0.29) is 17.0 Å². The number of fused-ring (bicyclic) bond motifs is 1. The molecular weight excluding hydrogens is 436 g/mol. The molecule has 1 heterocycles. The lowest BCUT2D eigenvalue weighted by Gasteiger charge is -2.40. The third-order valence-corrected chi connectivity index (χ3v) is 9.32. The molecule has 5 rings (SSSR count). The third kappa shape index (κ3) is 4.02. The topological polar surface area (TPSA) is 74.8 Å². The smallest absolute Gasteiger partial charge is 0.266 e. The Labute approximate surface area is 195 Å². The van der Waals surface area contributed by atoms with Crippen LogP contribution in [0.3, 0.4) is 0 Å². The summed E-state index contributed by atoms with van der Waals surface area (Å²) in [5.74, 6) is -0.830. The van der Waals surface area contributed by atoms with Crippen LogP contribution in [0.25, 0.3) is 0 Å². The van der Waals surface area contributed by atoms with E-state index in [1.807, 2.05) is 0 Å². The first-order valence-electron chi connectivity index (χ1n) is 12.1. The van der Waals surface area contributed by atoms with Gasteiger partial charge in [0.1, 0.15) is 0 Å². The molecule has 0 unspecified atom stereocenters. The lowest BCUT2D eigenvalue weighted by molar-refractivity contribution is 0.0926. The lowest BCUT2D eigenvalue weighted by Crippen LogP contribution is -2.48. The van der Waals surface area contributed by atoms with Gasteiger partial charge in [-0.05, 0) is 56.0 Å². The number of imide groups is 1. The molecule has 0 atom stereocenters. The fraction of sp³-hybridized carbons (Fsp3) is 0.462. The van der Waals surface area contributed by atoms with E-state index in [2.05, 4.69) is 0 Å². The summed E-state index contributed by atoms with van der Waals surface area (Å²) in [5, 5.41) is 0. The van der Waals surface area contributed by atoms with Crippen LogP contribution in [0.4, 0.5) is 5.69 Å². The van der Waals surface area contributed by atoms with Crippen molar-refractivity contribution >= 4 is 27.5 Å². The van der Waals surface area contributed by atoms with Crippen molar-refractivity contribution in [2.45, 2.75) is 81.2 Å². The SMILES string of the molecule is O=C1c2ccccc2C(=O)N1c1cccc(S(=O)(=O)N(C2CCCCC2)C2CCCCC2)c1. The van der Waals surface area contributed by atoms with Crippen LogP contribution in [0.1, 0.15) is 84.9 Å². The van der Waals surface area contributed by atoms with Crippen molar-refractivity contribution in [3.63, 3.8) is 0 Å². The minimum Gasteiger partial charge on any atom is -0.268 e. The number of sulfonamides is 1. The molecule has 2 aromatic carbocycles. The van der Waals surface area contributed by atoms with Crippen LogP contribution >= 0.6 is 0 Å². The summed E-state index contributed by atoms with van der Waals surface area (Å²) in [6.07, 6.45) is 10.1. The van der Waals surface area contributed by atoms with E-state index < -0.39 is 21.8 Å². The maximum Gasteiger partial charge on any atom is 0.266 e. The molecule has 0 saturated heterocycles. The molecule has 0 spiro atoms. The number of hydrogen-bond donors (Lipinski definition) is 0. The van der Waals surface area contributed by atoms with Crippen LogP contribution in [0.5, 0.6) is 0 Å². The van der Waals surface area contributed by atoms with Crippen molar-refractivity contribution in [1.29, 1.82) is 0 Å². The molecule has 0 N–H and O–H groups in total. The Hall–Kier alpha value is -2.51. The summed E-state index contributed by atoms with van der Waals surface area (Å²) in [6.45, 7) is 0. The van der Waals surface area contributed by atoms with E-state index in [1.54, 1.807) is 46.8 Å². The van der Waals surface area contributed by atoms with Gasteiger partial charge in [0.25, 0.3) is 11.8 Å². The Kier molecular flexibility index (Phi) is 6.10. The highest BCUT2D eigenvalue weighted by Crippen LogP contribution is 2.36. The number of amides is 2. The average molecular weight is 467 g/mol. The normalized spacial score (nSPS) is 20.5. The first-order chi connectivity index (χ1) is 16.0. The van der Waals surface area contributed by atoms with Gasteiger partial charge in [-0.25, -0.2) is 13.3 Å². The van der Waals surface area contributed by atoms with E-state index in [4.69, 9.17) is 0 Å². The van der Waals surface area contributed by atoms with Gasteiger partial charge < -0.3 is 0 Å². The zero-order valence-corrected chi connectivity index (χ0v) is 19.6. The van der Waals surface area contributed by atoms with E-state index in [0.29, 0.717) is 16.8 Å². The number of carbonyl (C=O) groups is 2. The molecule has 174 valence electrons. The van der Waals surface area contributed by atoms with Gasteiger partial charge in [0, 0.05) is 12.1 Å². The van der Waals surface area contributed by atoms with Crippen molar-refractivity contribution in [1.82, 2.24) is 4.31 Å². The predicted molar refractivity (Wildman–Crippen MR) is 127 cm³/mol. The van der Waals surface area contributed by atoms with Crippen molar-refractivity contribution in [2.75, 3.05) is 4.90 Å². The van der Waals surface area contributed by atoms with Crippen LogP contribution < -0.4 is 4.90 Å². The molecule has 2 amide bonds. The Balaban J connectivity index is 1.51. The summed E-state index contributed by atoms with van der Waals surface area (Å²) in [7, 11) is -3.77. The molecular formula is C26H30N2O4S. The summed E-state index contributed by atoms with van der Waals surface area (Å²) >= 11 is 0. The minimum absolute atomic E-state index is 0.0230. The largest absolute Gasteiger partial charge is 0.268 e. The lowest BCUT2D eigenvalue weighted by atomic mass is 9.91. The maximum absolute atomic E-state index is 14.0. The molecule has 7 heteroatoms. The second kappa shape index (κ2) is 9.03. The highest BCUT2D eigenvalue weighted by atomic mass is 32.2. The zero-order valence-electron chi connectivity index (χ0n) is 18.8. The number of nitrogens with zero attached hydrogens (tertiary/aromatic N) is 2. The molecule has 0 aromatic heterocycles. The summed E-state index contributed by atoms with van der Waals surface area (Å²) in [5.41, 5.74) is 0.998. The number of anilines is 1. The summed E-state index contributed by atoms with van der Waals surface area (Å²) < 4.78 is 29.8. The second-order valence-corrected chi connectivity index (χ2v) is 11.3. The molecule has 3 aliphatic rings. The number of carbonyl (C=O) groups excluding carboxylic acids is 2. The monoisotopic (exact) mass is 466 g/mol. The Morgan fingerprint density at radius 3 is 1.73 bits per heavy atom. The van der Waals surface area contributed by atoms with E-state index in [1.165, 1.54) is 6.07 Å². The highest BCUT2D eigenvalue weighted by molar-refractivity contribution is 7.89. The molecule has 6 nitrogen and oxygen atoms in total. The fourth-order valence-electron chi connectivity index (χ4n) is 5.69. The molecule has 2 aliphatic carbocycles. The minimum atomic E-state index is -3.77. The second-order valence-electron chi connectivity index (χ2n) is 9.41. The van der Waals surface area contributed by atoms with Crippen molar-refractivity contribution < 1.29 is 18.0 Å². The fourth-order valence-corrected chi connectivity index (χ4v) is 7.66. The Morgan fingerprint density at radius 2 is 1.21 bits per heavy atom. The Bertz CT molecular complexity index is 1110. The molecule has 2 fully saturated rings. The van der Waals surface area contributed by atoms with Crippen LogP contribution in [-0.4, -0.2) is 36.6 Å². The number of hydrogen-bond acceptors (Lipinski definition) is 4. The van der Waals surface area contributed by atoms with Crippen LogP contribution in [0.2, 0.25) is 0 Å². The average Bonchev–Trinajstić information content (AvgIpc) is 3.10. The van der Waals surface area contributed by atoms with Gasteiger partial charge in [0.15, 0.2) is 0 Å². The summed E-state index contributed by atoms with van der Waals surface area (Å²) in [6, 6.07) is 13.1. The van der Waals surface area contributed by atoms with E-state index in [0.717, 1.165) is 69.1 Å². The van der Waals surface area contributed by atoms with Gasteiger partial charge >= 0.3 is 0 Å². The first kappa shape index (κ1) is 22.3. The van der Waals surface area contributed by atoms with Gasteiger partial charge in [0.05, 0.1) is 21.7 Å². The zero-order chi connectivity index (χ0) is 23.0. The van der Waals surface area contributed by atoms with Gasteiger partial charge in [-0.3, -0.25) is 9.59 Å². The van der Waals surface area contributed by atoms with Crippen LogP contribution in [0, 0.1) is 0 Å². The molecule has 2 aromatic rings. The van der Waals surface area contributed by atoms with Crippen molar-refractivity contribution in [3.8, 4) is 0 Å². The predicted octanol–water partition coefficient (Wildman–Crippen LogP) is 5.14. The molecule has 2 saturated carbocycles. The van der Waals surface area contributed by atoms with Crippen LogP contribution in [0.15, 0.2) is 53.4 Å². The van der Waals surface area contributed by atoms with E-state index in [9.17, 15) is 18.0 Å². The quantitative estimate of drug-likeness (QED) is 0.572. The van der Waals surface area contributed by atoms with Crippen molar-refractivity contribution in [2.24, 2.45) is 0 Å². The molecule has 0 radical (unpaired) electrons. The maximum atomic E-state index is 14.0. The Morgan fingerprint density at radius 1 is 0.697 bits per heavy atom. The first-order valence-corrected chi connectivity index (χ1v) is 13.5. The van der Waals surface area contributed by atoms with Gasteiger partial charge in [-0.1, -0.05) is 56.7 Å². The number of benzene rings is 2. The van der Waals surface area contributed by atoms with Crippen LogP contribution in [-0.2, 0) is 10.0 Å². The van der Waals surface area contributed by atoms with Gasteiger partial charge in [-0.2, -0.15) is 4.31 Å². The number of rotatable bonds is 5. The van der Waals surface area contributed by atoms with Gasteiger partial charge in [0.2, 0.25) is 10.0 Å².